The molecule has 4 nitrogen and oxygen atoms in total. The van der Waals surface area contributed by atoms with Crippen LogP contribution in [-0.4, -0.2) is 13.1 Å². The first-order valence-electron chi connectivity index (χ1n) is 6.48. The number of nitrogens with zero attached hydrogens (tertiary/aromatic N) is 1. The second-order valence-corrected chi connectivity index (χ2v) is 4.92. The van der Waals surface area contributed by atoms with E-state index in [1.807, 2.05) is 24.3 Å². The molecule has 0 unspecified atom stereocenters. The van der Waals surface area contributed by atoms with Crippen molar-refractivity contribution in [1.82, 2.24) is 0 Å². The van der Waals surface area contributed by atoms with E-state index in [0.29, 0.717) is 5.56 Å². The maximum Gasteiger partial charge on any atom is 0.337 e. The monoisotopic (exact) mass is 268 g/mol. The third-order valence-electron chi connectivity index (χ3n) is 3.61. The molecule has 2 aromatic rings. The van der Waals surface area contributed by atoms with Crippen molar-refractivity contribution in [2.45, 2.75) is 13.1 Å². The second-order valence-electron chi connectivity index (χ2n) is 4.92. The first-order valence-corrected chi connectivity index (χ1v) is 6.48. The fourth-order valence-electron chi connectivity index (χ4n) is 2.52. The summed E-state index contributed by atoms with van der Waals surface area (Å²) < 4.78 is 4.70. The lowest BCUT2D eigenvalue weighted by Gasteiger charge is -2.17. The summed E-state index contributed by atoms with van der Waals surface area (Å²) in [7, 11) is 1.39. The lowest BCUT2D eigenvalue weighted by atomic mass is 10.1. The van der Waals surface area contributed by atoms with Gasteiger partial charge in [0, 0.05) is 24.5 Å². The Balaban J connectivity index is 1.80. The van der Waals surface area contributed by atoms with E-state index < -0.39 is 0 Å². The molecule has 0 bridgehead atoms. The number of nitrogens with two attached hydrogens (primary N) is 1. The van der Waals surface area contributed by atoms with Gasteiger partial charge in [-0.05, 0) is 47.5 Å². The maximum atomic E-state index is 11.4. The lowest BCUT2D eigenvalue weighted by Crippen LogP contribution is -2.14. The van der Waals surface area contributed by atoms with Gasteiger partial charge in [-0.1, -0.05) is 6.07 Å². The van der Waals surface area contributed by atoms with Crippen LogP contribution < -0.4 is 10.6 Å². The SMILES string of the molecule is COC(=O)c1ccc(N2Cc3ccc(N)cc3C2)cc1. The van der Waals surface area contributed by atoms with E-state index in [1.54, 1.807) is 12.1 Å². The molecule has 2 N–H and O–H groups in total. The summed E-state index contributed by atoms with van der Waals surface area (Å²) in [6, 6.07) is 13.5. The van der Waals surface area contributed by atoms with Crippen LogP contribution in [0.3, 0.4) is 0 Å². The van der Waals surface area contributed by atoms with Crippen molar-refractivity contribution < 1.29 is 9.53 Å². The number of rotatable bonds is 2. The first-order chi connectivity index (χ1) is 9.67. The zero-order valence-corrected chi connectivity index (χ0v) is 11.3. The summed E-state index contributed by atoms with van der Waals surface area (Å²) in [4.78, 5) is 13.7. The van der Waals surface area contributed by atoms with Crippen molar-refractivity contribution in [3.63, 3.8) is 0 Å². The van der Waals surface area contributed by atoms with Gasteiger partial charge in [0.05, 0.1) is 12.7 Å². The minimum Gasteiger partial charge on any atom is -0.465 e. The molecule has 0 saturated heterocycles. The van der Waals surface area contributed by atoms with Crippen LogP contribution in [0.5, 0.6) is 0 Å². The second kappa shape index (κ2) is 4.89. The van der Waals surface area contributed by atoms with Crippen molar-refractivity contribution in [3.05, 3.63) is 59.2 Å². The van der Waals surface area contributed by atoms with Crippen LogP contribution in [0.25, 0.3) is 0 Å². The predicted molar refractivity (Wildman–Crippen MR) is 78.5 cm³/mol. The van der Waals surface area contributed by atoms with Gasteiger partial charge < -0.3 is 15.4 Å². The van der Waals surface area contributed by atoms with Gasteiger partial charge in [-0.15, -0.1) is 0 Å². The van der Waals surface area contributed by atoms with Gasteiger partial charge in [0.15, 0.2) is 0 Å². The normalized spacial score (nSPS) is 13.2. The van der Waals surface area contributed by atoms with Gasteiger partial charge in [-0.25, -0.2) is 4.79 Å². The molecule has 0 aromatic heterocycles. The van der Waals surface area contributed by atoms with Crippen LogP contribution in [0.4, 0.5) is 11.4 Å². The van der Waals surface area contributed by atoms with Crippen LogP contribution >= 0.6 is 0 Å². The number of hydrogen-bond donors (Lipinski definition) is 1. The van der Waals surface area contributed by atoms with Crippen LogP contribution in [0.1, 0.15) is 21.5 Å². The quantitative estimate of drug-likeness (QED) is 0.672. The number of carbonyl (C=O) groups is 1. The third-order valence-corrected chi connectivity index (χ3v) is 3.61. The Kier molecular flexibility index (Phi) is 3.06. The molecule has 0 amide bonds. The van der Waals surface area contributed by atoms with E-state index in [1.165, 1.54) is 18.2 Å². The molecule has 3 rings (SSSR count). The molecule has 1 heterocycles. The highest BCUT2D eigenvalue weighted by molar-refractivity contribution is 5.89. The van der Waals surface area contributed by atoms with Crippen LogP contribution in [-0.2, 0) is 17.8 Å². The Bertz CT molecular complexity index is 650. The number of hydrogen-bond acceptors (Lipinski definition) is 4. The topological polar surface area (TPSA) is 55.6 Å². The molecule has 2 aromatic carbocycles. The van der Waals surface area contributed by atoms with Gasteiger partial charge in [0.2, 0.25) is 0 Å². The largest absolute Gasteiger partial charge is 0.465 e. The van der Waals surface area contributed by atoms with Crippen LogP contribution in [0.2, 0.25) is 0 Å². The molecule has 0 aliphatic carbocycles. The Labute approximate surface area is 117 Å². The summed E-state index contributed by atoms with van der Waals surface area (Å²) in [6.07, 6.45) is 0. The molecule has 0 spiro atoms. The van der Waals surface area contributed by atoms with E-state index in [-0.39, 0.29) is 5.97 Å². The van der Waals surface area contributed by atoms with E-state index in [9.17, 15) is 4.79 Å². The maximum absolute atomic E-state index is 11.4. The number of fused-ring (bicyclic) bond motifs is 1. The highest BCUT2D eigenvalue weighted by atomic mass is 16.5. The van der Waals surface area contributed by atoms with Gasteiger partial charge in [0.25, 0.3) is 0 Å². The smallest absolute Gasteiger partial charge is 0.337 e. The predicted octanol–water partition coefficient (Wildman–Crippen LogP) is 2.58. The standard InChI is InChI=1S/C16H16N2O2/c1-20-16(19)11-3-6-15(7-4-11)18-9-12-2-5-14(17)8-13(12)10-18/h2-8H,9-10,17H2,1H3. The highest BCUT2D eigenvalue weighted by Crippen LogP contribution is 2.29. The molecule has 0 radical (unpaired) electrons. The molecule has 0 saturated carbocycles. The van der Waals surface area contributed by atoms with Crippen molar-refractivity contribution in [3.8, 4) is 0 Å². The zero-order chi connectivity index (χ0) is 14.1. The zero-order valence-electron chi connectivity index (χ0n) is 11.3. The average molecular weight is 268 g/mol. The Morgan fingerprint density at radius 3 is 2.50 bits per heavy atom. The van der Waals surface area contributed by atoms with Crippen LogP contribution in [0, 0.1) is 0 Å². The molecule has 0 fully saturated rings. The number of carbonyl (C=O) groups excluding carboxylic acids is 1. The molecular weight excluding hydrogens is 252 g/mol. The van der Waals surface area contributed by atoms with Gasteiger partial charge in [0.1, 0.15) is 0 Å². The molecule has 1 aliphatic heterocycles. The number of anilines is 2. The summed E-state index contributed by atoms with van der Waals surface area (Å²) in [6.45, 7) is 1.71. The number of nitrogen functional groups attached to an aromatic ring is 1. The van der Waals surface area contributed by atoms with Crippen LogP contribution in [0.15, 0.2) is 42.5 Å². The summed E-state index contributed by atoms with van der Waals surface area (Å²) in [5, 5.41) is 0. The average Bonchev–Trinajstić information content (AvgIpc) is 2.89. The molecule has 0 atom stereocenters. The van der Waals surface area contributed by atoms with E-state index in [4.69, 9.17) is 10.5 Å². The third kappa shape index (κ3) is 2.20. The number of benzene rings is 2. The molecule has 1 aliphatic rings. The summed E-state index contributed by atoms with van der Waals surface area (Å²) in [5.41, 5.74) is 10.8. The fraction of sp³-hybridized carbons (Fsp3) is 0.188. The van der Waals surface area contributed by atoms with Crippen molar-refractivity contribution in [2.75, 3.05) is 17.7 Å². The highest BCUT2D eigenvalue weighted by Gasteiger charge is 2.19. The van der Waals surface area contributed by atoms with Crippen molar-refractivity contribution in [2.24, 2.45) is 0 Å². The lowest BCUT2D eigenvalue weighted by molar-refractivity contribution is 0.0601. The minimum absolute atomic E-state index is 0.311. The summed E-state index contributed by atoms with van der Waals surface area (Å²) >= 11 is 0. The first kappa shape index (κ1) is 12.5. The van der Waals surface area contributed by atoms with Gasteiger partial charge >= 0.3 is 5.97 Å². The van der Waals surface area contributed by atoms with Crippen molar-refractivity contribution in [1.29, 1.82) is 0 Å². The summed E-state index contributed by atoms with van der Waals surface area (Å²) in [5.74, 6) is -0.311. The molecule has 4 heteroatoms. The van der Waals surface area contributed by atoms with Gasteiger partial charge in [-0.3, -0.25) is 0 Å². The molecular formula is C16H16N2O2. The number of methoxy groups -OCH3 is 1. The fourth-order valence-corrected chi connectivity index (χ4v) is 2.52. The van der Waals surface area contributed by atoms with E-state index in [0.717, 1.165) is 24.5 Å². The van der Waals surface area contributed by atoms with Gasteiger partial charge in [-0.2, -0.15) is 0 Å². The number of esters is 1. The Hall–Kier alpha value is -2.49. The Morgan fingerprint density at radius 2 is 1.80 bits per heavy atom. The van der Waals surface area contributed by atoms with Crippen molar-refractivity contribution >= 4 is 17.3 Å². The minimum atomic E-state index is -0.311. The number of ether oxygens (including phenoxy) is 1. The molecule has 102 valence electrons. The Morgan fingerprint density at radius 1 is 1.10 bits per heavy atom. The molecule has 20 heavy (non-hydrogen) atoms. The van der Waals surface area contributed by atoms with E-state index >= 15 is 0 Å². The van der Waals surface area contributed by atoms with E-state index in [2.05, 4.69) is 11.0 Å².